The van der Waals surface area contributed by atoms with Crippen LogP contribution in [-0.4, -0.2) is 4.98 Å². The molecule has 0 aliphatic carbocycles. The Labute approximate surface area is 69.8 Å². The number of furan rings is 1. The van der Waals surface area contributed by atoms with Crippen LogP contribution in [0.2, 0.25) is 0 Å². The van der Waals surface area contributed by atoms with Gasteiger partial charge in [0.25, 0.3) is 0 Å². The molecule has 0 saturated heterocycles. The van der Waals surface area contributed by atoms with Crippen molar-refractivity contribution in [3.63, 3.8) is 0 Å². The van der Waals surface area contributed by atoms with Crippen molar-refractivity contribution in [3.05, 3.63) is 36.7 Å². The van der Waals surface area contributed by atoms with Gasteiger partial charge < -0.3 is 10.2 Å². The summed E-state index contributed by atoms with van der Waals surface area (Å²) in [7, 11) is 0. The molecule has 0 aliphatic heterocycles. The van der Waals surface area contributed by atoms with Crippen LogP contribution in [0.4, 0.5) is 5.88 Å². The molecule has 2 heterocycles. The standard InChI is InChI=1S/C9H8N2O/c10-9-4-3-8(12-9)7-2-1-5-11-6-7/h1-6H,10H2. The van der Waals surface area contributed by atoms with E-state index in [4.69, 9.17) is 10.2 Å². The molecule has 0 aliphatic rings. The van der Waals surface area contributed by atoms with Crippen molar-refractivity contribution in [1.29, 1.82) is 0 Å². The normalized spacial score (nSPS) is 10.0. The minimum absolute atomic E-state index is 0.425. The Morgan fingerprint density at radius 1 is 1.25 bits per heavy atom. The number of aromatic nitrogens is 1. The topological polar surface area (TPSA) is 52.0 Å². The maximum absolute atomic E-state index is 5.43. The van der Waals surface area contributed by atoms with E-state index in [2.05, 4.69) is 4.98 Å². The van der Waals surface area contributed by atoms with Crippen LogP contribution in [0.3, 0.4) is 0 Å². The van der Waals surface area contributed by atoms with Crippen LogP contribution in [0.25, 0.3) is 11.3 Å². The molecule has 0 bridgehead atoms. The summed E-state index contributed by atoms with van der Waals surface area (Å²) in [6.07, 6.45) is 3.45. The Balaban J connectivity index is 2.45. The van der Waals surface area contributed by atoms with Crippen molar-refractivity contribution in [2.45, 2.75) is 0 Å². The average molecular weight is 160 g/mol. The summed E-state index contributed by atoms with van der Waals surface area (Å²) < 4.78 is 5.21. The van der Waals surface area contributed by atoms with E-state index in [9.17, 15) is 0 Å². The third-order valence-electron chi connectivity index (χ3n) is 1.57. The van der Waals surface area contributed by atoms with Crippen LogP contribution in [0.15, 0.2) is 41.1 Å². The second kappa shape index (κ2) is 2.70. The van der Waals surface area contributed by atoms with Gasteiger partial charge in [-0.25, -0.2) is 0 Å². The van der Waals surface area contributed by atoms with E-state index in [1.807, 2.05) is 18.2 Å². The zero-order valence-corrected chi connectivity index (χ0v) is 6.40. The van der Waals surface area contributed by atoms with Gasteiger partial charge in [0.15, 0.2) is 5.88 Å². The van der Waals surface area contributed by atoms with E-state index in [1.165, 1.54) is 0 Å². The lowest BCUT2D eigenvalue weighted by molar-refractivity contribution is 0.602. The maximum Gasteiger partial charge on any atom is 0.190 e. The molecule has 0 amide bonds. The van der Waals surface area contributed by atoms with Crippen LogP contribution >= 0.6 is 0 Å². The third kappa shape index (κ3) is 1.16. The fraction of sp³-hybridized carbons (Fsp3) is 0. The second-order valence-corrected chi connectivity index (χ2v) is 2.44. The van der Waals surface area contributed by atoms with Gasteiger partial charge in [-0.05, 0) is 18.2 Å². The molecular formula is C9H8N2O. The lowest BCUT2D eigenvalue weighted by atomic mass is 10.2. The number of hydrogen-bond donors (Lipinski definition) is 1. The lowest BCUT2D eigenvalue weighted by Gasteiger charge is -1.92. The molecule has 2 N–H and O–H groups in total. The summed E-state index contributed by atoms with van der Waals surface area (Å²) in [5.74, 6) is 1.18. The number of hydrogen-bond acceptors (Lipinski definition) is 3. The number of nitrogens with two attached hydrogens (primary N) is 1. The molecule has 2 aromatic rings. The van der Waals surface area contributed by atoms with Crippen LogP contribution in [-0.2, 0) is 0 Å². The number of nitrogens with zero attached hydrogens (tertiary/aromatic N) is 1. The van der Waals surface area contributed by atoms with Crippen LogP contribution < -0.4 is 5.73 Å². The minimum atomic E-state index is 0.425. The summed E-state index contributed by atoms with van der Waals surface area (Å²) in [6.45, 7) is 0. The molecule has 0 spiro atoms. The fourth-order valence-corrected chi connectivity index (χ4v) is 1.02. The SMILES string of the molecule is Nc1ccc(-c2cccnc2)o1. The van der Waals surface area contributed by atoms with Crippen molar-refractivity contribution in [2.24, 2.45) is 0 Å². The van der Waals surface area contributed by atoms with E-state index < -0.39 is 0 Å². The quantitative estimate of drug-likeness (QED) is 0.693. The summed E-state index contributed by atoms with van der Waals surface area (Å²) >= 11 is 0. The molecular weight excluding hydrogens is 152 g/mol. The summed E-state index contributed by atoms with van der Waals surface area (Å²) in [5, 5.41) is 0. The van der Waals surface area contributed by atoms with Crippen molar-refractivity contribution in [2.75, 3.05) is 5.73 Å². The summed E-state index contributed by atoms with van der Waals surface area (Å²) in [6, 6.07) is 7.33. The summed E-state index contributed by atoms with van der Waals surface area (Å²) in [5.41, 5.74) is 6.37. The third-order valence-corrected chi connectivity index (χ3v) is 1.57. The van der Waals surface area contributed by atoms with Gasteiger partial charge >= 0.3 is 0 Å². The molecule has 0 saturated carbocycles. The van der Waals surface area contributed by atoms with Crippen LogP contribution in [0.1, 0.15) is 0 Å². The molecule has 0 radical (unpaired) electrons. The van der Waals surface area contributed by atoms with Gasteiger partial charge in [-0.3, -0.25) is 4.98 Å². The molecule has 0 fully saturated rings. The highest BCUT2D eigenvalue weighted by molar-refractivity contribution is 5.57. The van der Waals surface area contributed by atoms with E-state index in [0.29, 0.717) is 5.88 Å². The Bertz CT molecular complexity index is 367. The molecule has 3 nitrogen and oxygen atoms in total. The predicted molar refractivity (Wildman–Crippen MR) is 46.4 cm³/mol. The fourth-order valence-electron chi connectivity index (χ4n) is 1.02. The highest BCUT2D eigenvalue weighted by atomic mass is 16.3. The average Bonchev–Trinajstić information content (AvgIpc) is 2.54. The van der Waals surface area contributed by atoms with Gasteiger partial charge in [0.05, 0.1) is 0 Å². The van der Waals surface area contributed by atoms with Gasteiger partial charge in [0, 0.05) is 24.0 Å². The Hall–Kier alpha value is -1.77. The van der Waals surface area contributed by atoms with Crippen molar-refractivity contribution in [1.82, 2.24) is 4.98 Å². The molecule has 3 heteroatoms. The van der Waals surface area contributed by atoms with E-state index in [0.717, 1.165) is 11.3 Å². The zero-order chi connectivity index (χ0) is 8.39. The first-order chi connectivity index (χ1) is 5.86. The van der Waals surface area contributed by atoms with Crippen LogP contribution in [0.5, 0.6) is 0 Å². The van der Waals surface area contributed by atoms with Crippen molar-refractivity contribution in [3.8, 4) is 11.3 Å². The smallest absolute Gasteiger partial charge is 0.190 e. The number of rotatable bonds is 1. The minimum Gasteiger partial charge on any atom is -0.441 e. The summed E-state index contributed by atoms with van der Waals surface area (Å²) in [4.78, 5) is 3.97. The van der Waals surface area contributed by atoms with Crippen molar-refractivity contribution < 1.29 is 4.42 Å². The van der Waals surface area contributed by atoms with E-state index >= 15 is 0 Å². The molecule has 60 valence electrons. The largest absolute Gasteiger partial charge is 0.441 e. The molecule has 2 rings (SSSR count). The van der Waals surface area contributed by atoms with E-state index in [-0.39, 0.29) is 0 Å². The molecule has 0 aromatic carbocycles. The Kier molecular flexibility index (Phi) is 1.55. The van der Waals surface area contributed by atoms with Gasteiger partial charge in [-0.15, -0.1) is 0 Å². The second-order valence-electron chi connectivity index (χ2n) is 2.44. The Morgan fingerprint density at radius 3 is 2.75 bits per heavy atom. The number of anilines is 1. The first kappa shape index (κ1) is 6.91. The first-order valence-corrected chi connectivity index (χ1v) is 3.62. The molecule has 0 atom stereocenters. The molecule has 2 aromatic heterocycles. The molecule has 0 unspecified atom stereocenters. The Morgan fingerprint density at radius 2 is 2.17 bits per heavy atom. The predicted octanol–water partition coefficient (Wildman–Crippen LogP) is 1.92. The van der Waals surface area contributed by atoms with Gasteiger partial charge in [-0.2, -0.15) is 0 Å². The van der Waals surface area contributed by atoms with E-state index in [1.54, 1.807) is 18.5 Å². The van der Waals surface area contributed by atoms with Gasteiger partial charge in [0.2, 0.25) is 0 Å². The van der Waals surface area contributed by atoms with Crippen molar-refractivity contribution >= 4 is 5.88 Å². The number of pyridine rings is 1. The highest BCUT2D eigenvalue weighted by Gasteiger charge is 2.00. The first-order valence-electron chi connectivity index (χ1n) is 3.62. The zero-order valence-electron chi connectivity index (χ0n) is 6.40. The lowest BCUT2D eigenvalue weighted by Crippen LogP contribution is -1.77. The monoisotopic (exact) mass is 160 g/mol. The molecule has 12 heavy (non-hydrogen) atoms. The number of nitrogen functional groups attached to an aromatic ring is 1. The van der Waals surface area contributed by atoms with Crippen LogP contribution in [0, 0.1) is 0 Å². The van der Waals surface area contributed by atoms with Gasteiger partial charge in [-0.1, -0.05) is 0 Å². The highest BCUT2D eigenvalue weighted by Crippen LogP contribution is 2.21. The maximum atomic E-state index is 5.43. The van der Waals surface area contributed by atoms with Gasteiger partial charge in [0.1, 0.15) is 5.76 Å².